The fourth-order valence-electron chi connectivity index (χ4n) is 7.24. The molecule has 3 aliphatic carbocycles. The van der Waals surface area contributed by atoms with E-state index in [4.69, 9.17) is 9.47 Å². The summed E-state index contributed by atoms with van der Waals surface area (Å²) in [6.45, 7) is 0. The minimum atomic E-state index is -4.98. The standard InChI is InChI=1S/C37H34F5N3O7/c1-43-36(50)52-32(35(48)49)19-5-10-27(38)23(15-19)18-6-12-29(51-2)25(14-18)33(46)45-31-22-9-8-21(24(22)13-17-3-4-17)30(31)34(47)44-20-7-11-28(39)26(16-20)37(40,41)42/h5-7,10-17,21-22,30-32H,3-4,8-9H2,1-2H3,(H,43,50)(H,44,47)(H,45,46)(H,48,49)/b24-13-/t21?,22?,30-,31+,32?/m0/s1. The molecule has 4 N–H and O–H groups in total. The van der Waals surface area contributed by atoms with Crippen LogP contribution in [0.2, 0.25) is 0 Å². The van der Waals surface area contributed by atoms with Gasteiger partial charge in [-0.2, -0.15) is 13.2 Å². The Kier molecular flexibility index (Phi) is 9.97. The van der Waals surface area contributed by atoms with Crippen molar-refractivity contribution >= 4 is 29.6 Å². The lowest BCUT2D eigenvalue weighted by atomic mass is 9.83. The minimum Gasteiger partial charge on any atom is -0.496 e. The summed E-state index contributed by atoms with van der Waals surface area (Å²) in [6, 6.07) is 8.98. The Balaban J connectivity index is 1.31. The summed E-state index contributed by atoms with van der Waals surface area (Å²) in [5.74, 6) is -6.01. The molecule has 0 aliphatic heterocycles. The van der Waals surface area contributed by atoms with Crippen LogP contribution in [-0.2, 0) is 20.5 Å². The van der Waals surface area contributed by atoms with Crippen LogP contribution in [-0.4, -0.2) is 49.2 Å². The number of fused-ring (bicyclic) bond motifs is 2. The van der Waals surface area contributed by atoms with Crippen molar-refractivity contribution < 1.29 is 55.7 Å². The van der Waals surface area contributed by atoms with Gasteiger partial charge in [0.2, 0.25) is 12.0 Å². The zero-order valence-electron chi connectivity index (χ0n) is 27.9. The molecule has 3 saturated carbocycles. The largest absolute Gasteiger partial charge is 0.496 e. The molecular weight excluding hydrogens is 693 g/mol. The van der Waals surface area contributed by atoms with Crippen LogP contribution in [0.25, 0.3) is 11.1 Å². The minimum absolute atomic E-state index is 0.0378. The Labute approximate surface area is 294 Å². The van der Waals surface area contributed by atoms with Crippen molar-refractivity contribution in [2.75, 3.05) is 19.5 Å². The second kappa shape index (κ2) is 14.3. The van der Waals surface area contributed by atoms with E-state index in [1.807, 2.05) is 0 Å². The van der Waals surface area contributed by atoms with Gasteiger partial charge in [0.15, 0.2) is 0 Å². The number of carbonyl (C=O) groups excluding carboxylic acids is 3. The number of hydrogen-bond acceptors (Lipinski definition) is 6. The number of amides is 3. The van der Waals surface area contributed by atoms with E-state index in [1.54, 1.807) is 0 Å². The number of methoxy groups -OCH3 is 1. The Morgan fingerprint density at radius 1 is 0.923 bits per heavy atom. The molecule has 10 nitrogen and oxygen atoms in total. The van der Waals surface area contributed by atoms with Gasteiger partial charge < -0.3 is 30.5 Å². The van der Waals surface area contributed by atoms with Crippen LogP contribution in [0.3, 0.4) is 0 Å². The SMILES string of the molecule is CNC(=O)OC(C(=O)O)c1ccc(F)c(-c2ccc(OC)c(C(=O)N[C@@H]3C4CCC(/C4=C/C4CC4)[C@@H]3C(=O)Nc3ccc(F)c(C(F)(F)F)c3)c2)c1. The lowest BCUT2D eigenvalue weighted by Crippen LogP contribution is -2.48. The Morgan fingerprint density at radius 3 is 2.29 bits per heavy atom. The van der Waals surface area contributed by atoms with Crippen molar-refractivity contribution in [3.05, 3.63) is 94.6 Å². The number of benzene rings is 3. The fraction of sp³-hybridized carbons (Fsp3) is 0.351. The van der Waals surface area contributed by atoms with Crippen molar-refractivity contribution in [2.45, 2.75) is 44.0 Å². The molecule has 15 heteroatoms. The summed E-state index contributed by atoms with van der Waals surface area (Å²) in [4.78, 5) is 51.6. The first-order valence-electron chi connectivity index (χ1n) is 16.5. The van der Waals surface area contributed by atoms with Crippen LogP contribution in [0.1, 0.15) is 53.3 Å². The predicted octanol–water partition coefficient (Wildman–Crippen LogP) is 6.87. The maximum atomic E-state index is 15.2. The Hall–Kier alpha value is -5.47. The van der Waals surface area contributed by atoms with Crippen molar-refractivity contribution in [2.24, 2.45) is 23.7 Å². The third-order valence-corrected chi connectivity index (χ3v) is 9.79. The van der Waals surface area contributed by atoms with Crippen LogP contribution < -0.4 is 20.7 Å². The van der Waals surface area contributed by atoms with E-state index in [9.17, 15) is 41.8 Å². The number of rotatable bonds is 10. The van der Waals surface area contributed by atoms with Gasteiger partial charge in [-0.1, -0.05) is 23.8 Å². The van der Waals surface area contributed by atoms with Crippen LogP contribution in [0.5, 0.6) is 5.75 Å². The van der Waals surface area contributed by atoms with E-state index in [1.165, 1.54) is 38.4 Å². The molecule has 3 aromatic rings. The van der Waals surface area contributed by atoms with Crippen molar-refractivity contribution in [1.82, 2.24) is 10.6 Å². The summed E-state index contributed by atoms with van der Waals surface area (Å²) >= 11 is 0. The van der Waals surface area contributed by atoms with E-state index in [-0.39, 0.29) is 45.5 Å². The quantitative estimate of drug-likeness (QED) is 0.132. The van der Waals surface area contributed by atoms with Gasteiger partial charge in [0.1, 0.15) is 17.4 Å². The van der Waals surface area contributed by atoms with Crippen LogP contribution in [0.4, 0.5) is 32.4 Å². The molecule has 0 heterocycles. The first-order chi connectivity index (χ1) is 24.7. The maximum Gasteiger partial charge on any atom is 0.419 e. The van der Waals surface area contributed by atoms with Gasteiger partial charge in [0.05, 0.1) is 24.2 Å². The predicted molar refractivity (Wildman–Crippen MR) is 176 cm³/mol. The number of halogens is 5. The molecule has 0 saturated heterocycles. The van der Waals surface area contributed by atoms with E-state index in [0.717, 1.165) is 36.6 Å². The second-order valence-electron chi connectivity index (χ2n) is 13.0. The molecule has 0 spiro atoms. The van der Waals surface area contributed by atoms with Crippen LogP contribution in [0, 0.1) is 35.3 Å². The van der Waals surface area contributed by atoms with E-state index in [2.05, 4.69) is 22.0 Å². The lowest BCUT2D eigenvalue weighted by Gasteiger charge is -2.30. The van der Waals surface area contributed by atoms with E-state index < -0.39 is 65.3 Å². The molecule has 0 radical (unpaired) electrons. The smallest absolute Gasteiger partial charge is 0.419 e. The second-order valence-corrected chi connectivity index (χ2v) is 13.0. The molecule has 6 rings (SSSR count). The summed E-state index contributed by atoms with van der Waals surface area (Å²) in [5.41, 5.74) is -0.803. The van der Waals surface area contributed by atoms with Crippen molar-refractivity contribution in [1.29, 1.82) is 0 Å². The molecule has 3 aliphatic rings. The fourth-order valence-corrected chi connectivity index (χ4v) is 7.24. The number of ether oxygens (including phenoxy) is 2. The molecule has 5 atom stereocenters. The van der Waals surface area contributed by atoms with Gasteiger partial charge >= 0.3 is 18.2 Å². The molecule has 274 valence electrons. The van der Waals surface area contributed by atoms with Crippen LogP contribution in [0.15, 0.2) is 66.2 Å². The summed E-state index contributed by atoms with van der Waals surface area (Å²) in [5, 5.41) is 17.3. The maximum absolute atomic E-state index is 15.2. The first-order valence-corrected chi connectivity index (χ1v) is 16.5. The zero-order chi connectivity index (χ0) is 37.5. The van der Waals surface area contributed by atoms with E-state index in [0.29, 0.717) is 30.9 Å². The monoisotopic (exact) mass is 727 g/mol. The van der Waals surface area contributed by atoms with Crippen molar-refractivity contribution in [3.63, 3.8) is 0 Å². The highest BCUT2D eigenvalue weighted by atomic mass is 19.4. The molecule has 2 bridgehead atoms. The number of nitrogens with one attached hydrogen (secondary N) is 3. The summed E-state index contributed by atoms with van der Waals surface area (Å²) in [7, 11) is 2.57. The van der Waals surface area contributed by atoms with Gasteiger partial charge in [-0.15, -0.1) is 0 Å². The zero-order valence-corrected chi connectivity index (χ0v) is 27.9. The highest BCUT2D eigenvalue weighted by Crippen LogP contribution is 2.54. The molecule has 52 heavy (non-hydrogen) atoms. The number of carboxylic acids is 1. The number of alkyl halides is 3. The van der Waals surface area contributed by atoms with Gasteiger partial charge in [0, 0.05) is 35.8 Å². The highest BCUT2D eigenvalue weighted by molar-refractivity contribution is 6.00. The number of allylic oxidation sites excluding steroid dienone is 1. The number of aliphatic carboxylic acids is 1. The normalized spacial score (nSPS) is 22.1. The van der Waals surface area contributed by atoms with Gasteiger partial charge in [-0.25, -0.2) is 18.4 Å². The van der Waals surface area contributed by atoms with E-state index >= 15 is 4.39 Å². The number of carboxylic acid groups (broad SMARTS) is 1. The molecule has 3 amide bonds. The molecule has 3 fully saturated rings. The van der Waals surface area contributed by atoms with Gasteiger partial charge in [-0.3, -0.25) is 9.59 Å². The molecular formula is C37H34F5N3O7. The molecule has 3 unspecified atom stereocenters. The Morgan fingerprint density at radius 2 is 1.63 bits per heavy atom. The number of hydrogen-bond donors (Lipinski definition) is 4. The molecule has 0 aromatic heterocycles. The topological polar surface area (TPSA) is 143 Å². The average molecular weight is 728 g/mol. The third-order valence-electron chi connectivity index (χ3n) is 9.79. The number of alkyl carbamates (subject to hydrolysis) is 1. The molecule has 3 aromatic carbocycles. The van der Waals surface area contributed by atoms with Gasteiger partial charge in [-0.05, 0) is 85.5 Å². The average Bonchev–Trinajstić information content (AvgIpc) is 3.79. The summed E-state index contributed by atoms with van der Waals surface area (Å²) < 4.78 is 79.9. The first kappa shape index (κ1) is 36.3. The number of carbonyl (C=O) groups is 4. The van der Waals surface area contributed by atoms with Gasteiger partial charge in [0.25, 0.3) is 5.91 Å². The number of anilines is 1. The Bertz CT molecular complexity index is 1960. The lowest BCUT2D eigenvalue weighted by molar-refractivity contribution is -0.147. The van der Waals surface area contributed by atoms with Crippen molar-refractivity contribution in [3.8, 4) is 16.9 Å². The third kappa shape index (κ3) is 7.30. The summed E-state index contributed by atoms with van der Waals surface area (Å²) in [6.07, 6.45) is -2.39. The van der Waals surface area contributed by atoms with Crippen LogP contribution >= 0.6 is 0 Å². The highest BCUT2D eigenvalue weighted by Gasteiger charge is 2.55.